The summed E-state index contributed by atoms with van der Waals surface area (Å²) in [6.07, 6.45) is 14.5. The Morgan fingerprint density at radius 1 is 1.19 bits per heavy atom. The van der Waals surface area contributed by atoms with E-state index in [1.807, 2.05) is 6.07 Å². The number of allylic oxidation sites excluding steroid dienone is 3. The fraction of sp³-hybridized carbons (Fsp3) is 0.581. The molecule has 0 aromatic heterocycles. The molecule has 2 rings (SSSR count). The molecule has 1 aliphatic rings. The first-order chi connectivity index (χ1) is 17.8. The first-order valence-corrected chi connectivity index (χ1v) is 14.3. The average molecular weight is 531 g/mol. The zero-order valence-corrected chi connectivity index (χ0v) is 23.6. The van der Waals surface area contributed by atoms with Crippen molar-refractivity contribution >= 4 is 17.8 Å². The van der Waals surface area contributed by atoms with Crippen molar-refractivity contribution in [2.75, 3.05) is 26.2 Å². The van der Waals surface area contributed by atoms with E-state index in [0.29, 0.717) is 23.3 Å². The molecular formula is C31H48ClFN4. The Hall–Kier alpha value is -2.11. The number of hydrogen-bond donors (Lipinski definition) is 2. The second-order valence-corrected chi connectivity index (χ2v) is 11.1. The molecule has 37 heavy (non-hydrogen) atoms. The van der Waals surface area contributed by atoms with E-state index in [9.17, 15) is 4.39 Å². The molecule has 1 fully saturated rings. The second kappa shape index (κ2) is 17.4. The van der Waals surface area contributed by atoms with Gasteiger partial charge in [0.25, 0.3) is 0 Å². The third-order valence-electron chi connectivity index (χ3n) is 7.33. The monoisotopic (exact) mass is 530 g/mol. The number of unbranched alkanes of at least 4 members (excludes halogenated alkanes) is 2. The maximum atomic E-state index is 14.8. The summed E-state index contributed by atoms with van der Waals surface area (Å²) in [7, 11) is 0. The molecule has 0 saturated carbocycles. The van der Waals surface area contributed by atoms with Crippen molar-refractivity contribution in [2.24, 2.45) is 28.3 Å². The molecule has 1 aromatic carbocycles. The summed E-state index contributed by atoms with van der Waals surface area (Å²) < 4.78 is 14.8. The summed E-state index contributed by atoms with van der Waals surface area (Å²) in [5, 5.41) is 0.464. The molecule has 4 N–H and O–H groups in total. The van der Waals surface area contributed by atoms with Gasteiger partial charge in [0.1, 0.15) is 5.82 Å². The van der Waals surface area contributed by atoms with E-state index in [0.717, 1.165) is 94.4 Å². The quantitative estimate of drug-likeness (QED) is 0.113. The smallest absolute Gasteiger partial charge is 0.127 e. The average Bonchev–Trinajstić information content (AvgIpc) is 2.84. The van der Waals surface area contributed by atoms with Crippen molar-refractivity contribution in [1.82, 2.24) is 4.90 Å². The van der Waals surface area contributed by atoms with Gasteiger partial charge < -0.3 is 16.4 Å². The molecule has 0 spiro atoms. The first kappa shape index (κ1) is 31.1. The number of aliphatic imine (C=N–C) groups is 1. The van der Waals surface area contributed by atoms with Gasteiger partial charge in [-0.3, -0.25) is 4.99 Å². The van der Waals surface area contributed by atoms with Crippen LogP contribution < -0.4 is 11.5 Å². The first-order valence-electron chi connectivity index (χ1n) is 13.9. The minimum atomic E-state index is -0.110. The fourth-order valence-corrected chi connectivity index (χ4v) is 4.98. The zero-order chi connectivity index (χ0) is 27.0. The number of rotatable bonds is 19. The summed E-state index contributed by atoms with van der Waals surface area (Å²) in [5.41, 5.74) is 15.1. The molecule has 0 bridgehead atoms. The molecule has 0 amide bonds. The van der Waals surface area contributed by atoms with Gasteiger partial charge in [0.2, 0.25) is 0 Å². The topological polar surface area (TPSA) is 67.6 Å². The highest BCUT2D eigenvalue weighted by Crippen LogP contribution is 2.28. The van der Waals surface area contributed by atoms with Crippen LogP contribution in [0.1, 0.15) is 75.8 Å². The molecule has 1 unspecified atom stereocenters. The maximum Gasteiger partial charge on any atom is 0.127 e. The molecule has 4 nitrogen and oxygen atoms in total. The van der Waals surface area contributed by atoms with Crippen LogP contribution in [0, 0.1) is 17.7 Å². The van der Waals surface area contributed by atoms with E-state index in [1.165, 1.54) is 24.6 Å². The molecule has 1 aliphatic heterocycles. The Labute approximate surface area is 229 Å². The summed E-state index contributed by atoms with van der Waals surface area (Å²) in [6.45, 7) is 13.8. The van der Waals surface area contributed by atoms with Crippen LogP contribution in [0.25, 0.3) is 0 Å². The number of hydrogen-bond acceptors (Lipinski definition) is 4. The van der Waals surface area contributed by atoms with Crippen molar-refractivity contribution < 1.29 is 4.39 Å². The standard InChI is InChI=1S/C31H48ClFN4/c1-24(2)11-12-28-22-37(23-28)25(3)18-29-14-13-27(19-31(29)33)10-5-4-8-26(9-6-7-16-34)15-17-36-21-30(32)20-35/h13-14,19-21,26,28H,1,3-12,15-18,22-23,34-35H2,2H3/b30-20+,36-21?. The lowest BCUT2D eigenvalue weighted by atomic mass is 9.91. The molecule has 0 aliphatic carbocycles. The van der Waals surface area contributed by atoms with Gasteiger partial charge in [-0.05, 0) is 81.0 Å². The van der Waals surface area contributed by atoms with Gasteiger partial charge in [-0.1, -0.05) is 61.6 Å². The van der Waals surface area contributed by atoms with Gasteiger partial charge in [-0.25, -0.2) is 4.39 Å². The number of nitrogens with two attached hydrogens (primary N) is 2. The van der Waals surface area contributed by atoms with Gasteiger partial charge in [0.15, 0.2) is 0 Å². The normalized spacial score (nSPS) is 15.2. The highest BCUT2D eigenvalue weighted by Gasteiger charge is 2.27. The van der Waals surface area contributed by atoms with E-state index >= 15 is 0 Å². The maximum absolute atomic E-state index is 14.8. The lowest BCUT2D eigenvalue weighted by molar-refractivity contribution is 0.133. The van der Waals surface area contributed by atoms with Crippen LogP contribution in [0.4, 0.5) is 4.39 Å². The lowest BCUT2D eigenvalue weighted by Gasteiger charge is -2.42. The van der Waals surface area contributed by atoms with Gasteiger partial charge in [0, 0.05) is 44.2 Å². The van der Waals surface area contributed by atoms with Gasteiger partial charge in [-0.15, -0.1) is 6.58 Å². The molecule has 1 aromatic rings. The number of halogens is 2. The molecule has 1 heterocycles. The Balaban J connectivity index is 1.73. The third kappa shape index (κ3) is 12.3. The van der Waals surface area contributed by atoms with Crippen LogP contribution in [-0.4, -0.2) is 37.3 Å². The molecular weight excluding hydrogens is 483 g/mol. The second-order valence-electron chi connectivity index (χ2n) is 10.7. The Kier molecular flexibility index (Phi) is 14.6. The number of benzene rings is 1. The minimum absolute atomic E-state index is 0.110. The predicted molar refractivity (Wildman–Crippen MR) is 158 cm³/mol. The van der Waals surface area contributed by atoms with Gasteiger partial charge in [-0.2, -0.15) is 0 Å². The van der Waals surface area contributed by atoms with E-state index in [4.69, 9.17) is 23.1 Å². The highest BCUT2D eigenvalue weighted by atomic mass is 35.5. The lowest BCUT2D eigenvalue weighted by Crippen LogP contribution is -2.45. The van der Waals surface area contributed by atoms with Gasteiger partial charge >= 0.3 is 0 Å². The van der Waals surface area contributed by atoms with E-state index in [1.54, 1.807) is 12.3 Å². The van der Waals surface area contributed by atoms with Crippen LogP contribution in [0.15, 0.2) is 58.9 Å². The Morgan fingerprint density at radius 3 is 2.57 bits per heavy atom. The Bertz CT molecular complexity index is 904. The van der Waals surface area contributed by atoms with E-state index in [2.05, 4.69) is 36.0 Å². The summed E-state index contributed by atoms with van der Waals surface area (Å²) in [6, 6.07) is 5.75. The SMILES string of the molecule is C=C(C)CCC1CN(C(=C)Cc2ccc(CCCCC(CCCCN)CCN=C/C(Cl)=C\N)cc2F)C1. The van der Waals surface area contributed by atoms with Crippen LogP contribution in [0.2, 0.25) is 0 Å². The molecule has 6 heteroatoms. The van der Waals surface area contributed by atoms with Crippen molar-refractivity contribution in [3.63, 3.8) is 0 Å². The minimum Gasteiger partial charge on any atom is -0.403 e. The van der Waals surface area contributed by atoms with Crippen LogP contribution >= 0.6 is 11.6 Å². The molecule has 1 atom stereocenters. The highest BCUT2D eigenvalue weighted by molar-refractivity contribution is 6.39. The molecule has 0 radical (unpaired) electrons. The van der Waals surface area contributed by atoms with Crippen LogP contribution in [-0.2, 0) is 12.8 Å². The van der Waals surface area contributed by atoms with Gasteiger partial charge in [0.05, 0.1) is 5.03 Å². The summed E-state index contributed by atoms with van der Waals surface area (Å²) in [5.74, 6) is 1.22. The largest absolute Gasteiger partial charge is 0.403 e. The molecule has 1 saturated heterocycles. The predicted octanol–water partition coefficient (Wildman–Crippen LogP) is 7.13. The number of nitrogens with zero attached hydrogens (tertiary/aromatic N) is 2. The van der Waals surface area contributed by atoms with Crippen molar-refractivity contribution in [3.05, 3.63) is 70.8 Å². The zero-order valence-electron chi connectivity index (χ0n) is 22.9. The number of aryl methyl sites for hydroxylation is 1. The fourth-order valence-electron chi connectivity index (χ4n) is 4.91. The van der Waals surface area contributed by atoms with Crippen molar-refractivity contribution in [3.8, 4) is 0 Å². The molecule has 206 valence electrons. The number of likely N-dealkylation sites (tertiary alicyclic amines) is 1. The van der Waals surface area contributed by atoms with Crippen molar-refractivity contribution in [1.29, 1.82) is 0 Å². The van der Waals surface area contributed by atoms with Crippen LogP contribution in [0.5, 0.6) is 0 Å². The Morgan fingerprint density at radius 2 is 1.92 bits per heavy atom. The summed E-state index contributed by atoms with van der Waals surface area (Å²) in [4.78, 5) is 6.67. The van der Waals surface area contributed by atoms with E-state index < -0.39 is 0 Å². The van der Waals surface area contributed by atoms with Crippen molar-refractivity contribution in [2.45, 2.75) is 77.6 Å². The third-order valence-corrected chi connectivity index (χ3v) is 7.55. The summed E-state index contributed by atoms with van der Waals surface area (Å²) >= 11 is 5.87. The van der Waals surface area contributed by atoms with Crippen LogP contribution in [0.3, 0.4) is 0 Å². The van der Waals surface area contributed by atoms with E-state index in [-0.39, 0.29) is 5.82 Å².